The summed E-state index contributed by atoms with van der Waals surface area (Å²) < 4.78 is 40.9. The zero-order valence-electron chi connectivity index (χ0n) is 11.9. The normalized spacial score (nSPS) is 11.2. The van der Waals surface area contributed by atoms with Crippen molar-refractivity contribution in [1.82, 2.24) is 0 Å². The zero-order valence-corrected chi connectivity index (χ0v) is 12.7. The van der Waals surface area contributed by atoms with Crippen LogP contribution in [0.3, 0.4) is 0 Å². The third-order valence-electron chi connectivity index (χ3n) is 3.06. The van der Waals surface area contributed by atoms with Gasteiger partial charge in [-0.15, -0.1) is 0 Å². The van der Waals surface area contributed by atoms with Crippen molar-refractivity contribution in [2.75, 3.05) is 16.6 Å². The van der Waals surface area contributed by atoms with Crippen molar-refractivity contribution in [3.8, 4) is 0 Å². The monoisotopic (exact) mass is 308 g/mol. The van der Waals surface area contributed by atoms with E-state index in [9.17, 15) is 12.8 Å². The summed E-state index contributed by atoms with van der Waals surface area (Å²) in [5, 5.41) is 3.00. The first-order valence-corrected chi connectivity index (χ1v) is 8.05. The summed E-state index contributed by atoms with van der Waals surface area (Å²) in [4.78, 5) is 0.135. The molecular formula is C15H17FN2O2S. The molecule has 0 aliphatic carbocycles. The second-order valence-corrected chi connectivity index (χ2v) is 6.20. The fourth-order valence-electron chi connectivity index (χ4n) is 1.96. The Morgan fingerprint density at radius 1 is 1.05 bits per heavy atom. The van der Waals surface area contributed by atoms with E-state index in [2.05, 4.69) is 10.0 Å². The molecule has 0 fully saturated rings. The average Bonchev–Trinajstić information content (AvgIpc) is 2.44. The molecule has 2 rings (SSSR count). The van der Waals surface area contributed by atoms with E-state index >= 15 is 0 Å². The molecule has 0 amide bonds. The SMILES string of the molecule is CCNc1ccccc1S(=O)(=O)Nc1cccc(F)c1C. The van der Waals surface area contributed by atoms with Crippen LogP contribution < -0.4 is 10.0 Å². The van der Waals surface area contributed by atoms with E-state index in [4.69, 9.17) is 0 Å². The van der Waals surface area contributed by atoms with Crippen LogP contribution in [0.25, 0.3) is 0 Å². The highest BCUT2D eigenvalue weighted by molar-refractivity contribution is 7.92. The van der Waals surface area contributed by atoms with Crippen LogP contribution >= 0.6 is 0 Å². The van der Waals surface area contributed by atoms with Crippen molar-refractivity contribution in [2.24, 2.45) is 0 Å². The molecule has 2 aromatic carbocycles. The molecule has 6 heteroatoms. The summed E-state index contributed by atoms with van der Waals surface area (Å²) in [5.74, 6) is -0.449. The highest BCUT2D eigenvalue weighted by Gasteiger charge is 2.19. The Morgan fingerprint density at radius 3 is 2.43 bits per heavy atom. The Bertz CT molecular complexity index is 745. The predicted molar refractivity (Wildman–Crippen MR) is 82.6 cm³/mol. The van der Waals surface area contributed by atoms with Crippen LogP contribution in [-0.2, 0) is 10.0 Å². The van der Waals surface area contributed by atoms with Crippen molar-refractivity contribution >= 4 is 21.4 Å². The van der Waals surface area contributed by atoms with Gasteiger partial charge in [-0.2, -0.15) is 0 Å². The number of benzene rings is 2. The molecule has 0 spiro atoms. The van der Waals surface area contributed by atoms with E-state index in [0.717, 1.165) is 0 Å². The van der Waals surface area contributed by atoms with Crippen molar-refractivity contribution in [3.63, 3.8) is 0 Å². The Kier molecular flexibility index (Phi) is 4.47. The van der Waals surface area contributed by atoms with Gasteiger partial charge in [0.05, 0.1) is 11.4 Å². The average molecular weight is 308 g/mol. The Hall–Kier alpha value is -2.08. The summed E-state index contributed by atoms with van der Waals surface area (Å²) in [6.45, 7) is 4.02. The lowest BCUT2D eigenvalue weighted by Crippen LogP contribution is -2.16. The van der Waals surface area contributed by atoms with Gasteiger partial charge in [0.2, 0.25) is 0 Å². The molecule has 2 aromatic rings. The summed E-state index contributed by atoms with van der Waals surface area (Å²) >= 11 is 0. The summed E-state index contributed by atoms with van der Waals surface area (Å²) in [6.07, 6.45) is 0. The van der Waals surface area contributed by atoms with Gasteiger partial charge < -0.3 is 5.32 Å². The number of hydrogen-bond donors (Lipinski definition) is 2. The molecule has 112 valence electrons. The predicted octanol–water partition coefficient (Wildman–Crippen LogP) is 3.37. The van der Waals surface area contributed by atoms with Crippen LogP contribution in [0.2, 0.25) is 0 Å². The quantitative estimate of drug-likeness (QED) is 0.890. The smallest absolute Gasteiger partial charge is 0.263 e. The Morgan fingerprint density at radius 2 is 1.71 bits per heavy atom. The third kappa shape index (κ3) is 3.33. The molecule has 0 saturated carbocycles. The number of rotatable bonds is 5. The lowest BCUT2D eigenvalue weighted by atomic mass is 10.2. The molecule has 0 heterocycles. The number of para-hydroxylation sites is 1. The van der Waals surface area contributed by atoms with Crippen LogP contribution in [0.15, 0.2) is 47.4 Å². The molecule has 0 saturated heterocycles. The van der Waals surface area contributed by atoms with Crippen LogP contribution in [0, 0.1) is 12.7 Å². The summed E-state index contributed by atoms with van der Waals surface area (Å²) in [7, 11) is -3.78. The largest absolute Gasteiger partial charge is 0.384 e. The van der Waals surface area contributed by atoms with Crippen LogP contribution in [-0.4, -0.2) is 15.0 Å². The first-order valence-electron chi connectivity index (χ1n) is 6.56. The number of hydrogen-bond acceptors (Lipinski definition) is 3. The molecule has 0 radical (unpaired) electrons. The summed E-state index contributed by atoms with van der Waals surface area (Å²) in [6, 6.07) is 10.9. The van der Waals surface area contributed by atoms with E-state index < -0.39 is 15.8 Å². The van der Waals surface area contributed by atoms with Crippen molar-refractivity contribution in [2.45, 2.75) is 18.7 Å². The molecule has 0 aromatic heterocycles. The Labute approximate surface area is 124 Å². The van der Waals surface area contributed by atoms with Crippen molar-refractivity contribution in [3.05, 3.63) is 53.8 Å². The number of halogens is 1. The van der Waals surface area contributed by atoms with Gasteiger partial charge >= 0.3 is 0 Å². The van der Waals surface area contributed by atoms with E-state index in [1.54, 1.807) is 18.2 Å². The molecule has 0 unspecified atom stereocenters. The van der Waals surface area contributed by atoms with Gasteiger partial charge in [-0.05, 0) is 38.1 Å². The van der Waals surface area contributed by atoms with Crippen molar-refractivity contribution < 1.29 is 12.8 Å². The lowest BCUT2D eigenvalue weighted by Gasteiger charge is -2.14. The van der Waals surface area contributed by atoms with Gasteiger partial charge in [-0.1, -0.05) is 18.2 Å². The minimum Gasteiger partial charge on any atom is -0.384 e. The lowest BCUT2D eigenvalue weighted by molar-refractivity contribution is 0.601. The van der Waals surface area contributed by atoms with Gasteiger partial charge in [0.15, 0.2) is 0 Å². The molecule has 4 nitrogen and oxygen atoms in total. The molecular weight excluding hydrogens is 291 g/mol. The number of anilines is 2. The first kappa shape index (κ1) is 15.3. The second kappa shape index (κ2) is 6.13. The maximum Gasteiger partial charge on any atom is 0.263 e. The molecule has 0 aliphatic rings. The maximum absolute atomic E-state index is 13.5. The van der Waals surface area contributed by atoms with Gasteiger partial charge in [-0.3, -0.25) is 4.72 Å². The van der Waals surface area contributed by atoms with Gasteiger partial charge in [0, 0.05) is 12.1 Å². The van der Waals surface area contributed by atoms with E-state index in [1.807, 2.05) is 6.92 Å². The van der Waals surface area contributed by atoms with E-state index in [-0.39, 0.29) is 16.1 Å². The zero-order chi connectivity index (χ0) is 15.5. The standard InChI is InChI=1S/C15H17FN2O2S/c1-3-17-14-8-4-5-10-15(14)21(19,20)18-13-9-6-7-12(16)11(13)2/h4-10,17-18H,3H2,1-2H3. The van der Waals surface area contributed by atoms with E-state index in [1.165, 1.54) is 31.2 Å². The highest BCUT2D eigenvalue weighted by Crippen LogP contribution is 2.25. The molecule has 0 bridgehead atoms. The first-order chi connectivity index (χ1) is 9.95. The van der Waals surface area contributed by atoms with Crippen LogP contribution in [0.4, 0.5) is 15.8 Å². The molecule has 0 atom stereocenters. The Balaban J connectivity index is 2.41. The van der Waals surface area contributed by atoms with E-state index in [0.29, 0.717) is 12.2 Å². The van der Waals surface area contributed by atoms with Crippen LogP contribution in [0.5, 0.6) is 0 Å². The number of nitrogens with one attached hydrogen (secondary N) is 2. The molecule has 21 heavy (non-hydrogen) atoms. The topological polar surface area (TPSA) is 58.2 Å². The second-order valence-electron chi connectivity index (χ2n) is 4.54. The van der Waals surface area contributed by atoms with Crippen molar-refractivity contribution in [1.29, 1.82) is 0 Å². The van der Waals surface area contributed by atoms with Gasteiger partial charge in [0.1, 0.15) is 10.7 Å². The van der Waals surface area contributed by atoms with Crippen LogP contribution in [0.1, 0.15) is 12.5 Å². The summed E-state index contributed by atoms with van der Waals surface area (Å²) in [5.41, 5.74) is 1.02. The molecule has 2 N–H and O–H groups in total. The highest BCUT2D eigenvalue weighted by atomic mass is 32.2. The fourth-order valence-corrected chi connectivity index (χ4v) is 3.26. The minimum absolute atomic E-state index is 0.135. The fraction of sp³-hybridized carbons (Fsp3) is 0.200. The third-order valence-corrected chi connectivity index (χ3v) is 4.48. The minimum atomic E-state index is -3.78. The molecule has 0 aliphatic heterocycles. The maximum atomic E-state index is 13.5. The number of sulfonamides is 1. The van der Waals surface area contributed by atoms with Gasteiger partial charge in [0.25, 0.3) is 10.0 Å². The van der Waals surface area contributed by atoms with Gasteiger partial charge in [-0.25, -0.2) is 12.8 Å².